The van der Waals surface area contributed by atoms with Gasteiger partial charge in [0.15, 0.2) is 0 Å². The van der Waals surface area contributed by atoms with Crippen molar-refractivity contribution < 1.29 is 23.8 Å². The smallest absolute Gasteiger partial charge is 0.338 e. The highest BCUT2D eigenvalue weighted by Gasteiger charge is 2.21. The lowest BCUT2D eigenvalue weighted by Gasteiger charge is -2.23. The molecule has 0 radical (unpaired) electrons. The van der Waals surface area contributed by atoms with Gasteiger partial charge in [0.05, 0.1) is 18.2 Å². The van der Waals surface area contributed by atoms with Crippen LogP contribution < -0.4 is 5.32 Å². The molecule has 1 unspecified atom stereocenters. The zero-order chi connectivity index (χ0) is 23.9. The summed E-state index contributed by atoms with van der Waals surface area (Å²) < 4.78 is 24.1. The Morgan fingerprint density at radius 3 is 2.68 bits per heavy atom. The summed E-state index contributed by atoms with van der Waals surface area (Å²) >= 11 is 0. The molecule has 34 heavy (non-hydrogen) atoms. The maximum atomic E-state index is 13.6. The molecule has 1 aromatic heterocycles. The lowest BCUT2D eigenvalue weighted by Crippen LogP contribution is -2.14. The van der Waals surface area contributed by atoms with Gasteiger partial charge in [0.25, 0.3) is 0 Å². The molecule has 3 aromatic carbocycles. The number of ether oxygens (including phenoxy) is 2. The van der Waals surface area contributed by atoms with E-state index in [1.54, 1.807) is 42.6 Å². The Bertz CT molecular complexity index is 1280. The van der Waals surface area contributed by atoms with Crippen LogP contribution in [0.5, 0.6) is 5.75 Å². The number of nitrogens with one attached hydrogen (secondary N) is 1. The monoisotopic (exact) mass is 460 g/mol. The number of hydrogen-bond acceptors (Lipinski definition) is 6. The van der Waals surface area contributed by atoms with E-state index >= 15 is 0 Å². The summed E-state index contributed by atoms with van der Waals surface area (Å²) in [4.78, 5) is 16.7. The van der Waals surface area contributed by atoms with E-state index in [9.17, 15) is 14.3 Å². The standard InChI is InChI=1S/C27H25FN2O4/c1-2-33-15-16-34-27(32)20-5-3-7-22(17-20)30-24(19-8-11-21(28)12-9-19)23-13-10-18-6-4-14-29-25(18)26(23)31/h3-14,17,24,30-31H,2,15-16H2,1H3. The van der Waals surface area contributed by atoms with Crippen molar-refractivity contribution in [2.75, 3.05) is 25.1 Å². The number of halogens is 1. The lowest BCUT2D eigenvalue weighted by atomic mass is 9.95. The Balaban J connectivity index is 1.66. The highest BCUT2D eigenvalue weighted by Crippen LogP contribution is 2.36. The highest BCUT2D eigenvalue weighted by molar-refractivity contribution is 5.90. The van der Waals surface area contributed by atoms with Gasteiger partial charge in [-0.1, -0.05) is 36.4 Å². The largest absolute Gasteiger partial charge is 0.505 e. The van der Waals surface area contributed by atoms with Crippen LogP contribution in [-0.4, -0.2) is 35.9 Å². The molecule has 0 spiro atoms. The molecule has 2 N–H and O–H groups in total. The van der Waals surface area contributed by atoms with Crippen molar-refractivity contribution in [1.29, 1.82) is 0 Å². The van der Waals surface area contributed by atoms with Crippen LogP contribution in [0.15, 0.2) is 79.0 Å². The third-order valence-corrected chi connectivity index (χ3v) is 5.37. The molecule has 1 atom stereocenters. The van der Waals surface area contributed by atoms with Crippen LogP contribution in [0.25, 0.3) is 10.9 Å². The molecule has 0 saturated carbocycles. The molecule has 0 saturated heterocycles. The van der Waals surface area contributed by atoms with Gasteiger partial charge >= 0.3 is 5.97 Å². The number of esters is 1. The molecular weight excluding hydrogens is 435 g/mol. The molecule has 0 aliphatic heterocycles. The zero-order valence-corrected chi connectivity index (χ0v) is 18.7. The van der Waals surface area contributed by atoms with Crippen LogP contribution in [0.1, 0.15) is 34.5 Å². The number of fused-ring (bicyclic) bond motifs is 1. The number of carbonyl (C=O) groups is 1. The molecule has 4 rings (SSSR count). The first-order chi connectivity index (χ1) is 16.6. The predicted octanol–water partition coefficient (Wildman–Crippen LogP) is 5.47. The van der Waals surface area contributed by atoms with Crippen molar-refractivity contribution in [2.45, 2.75) is 13.0 Å². The Hall–Kier alpha value is -3.97. The van der Waals surface area contributed by atoms with Gasteiger partial charge in [0.1, 0.15) is 23.7 Å². The fraction of sp³-hybridized carbons (Fsp3) is 0.185. The van der Waals surface area contributed by atoms with Gasteiger partial charge in [-0.2, -0.15) is 0 Å². The zero-order valence-electron chi connectivity index (χ0n) is 18.7. The second-order valence-corrected chi connectivity index (χ2v) is 7.62. The lowest BCUT2D eigenvalue weighted by molar-refractivity contribution is 0.0335. The molecule has 174 valence electrons. The summed E-state index contributed by atoms with van der Waals surface area (Å²) in [6.45, 7) is 2.93. The van der Waals surface area contributed by atoms with Crippen molar-refractivity contribution in [3.05, 3.63) is 102 Å². The number of anilines is 1. The van der Waals surface area contributed by atoms with Crippen molar-refractivity contribution >= 4 is 22.6 Å². The summed E-state index contributed by atoms with van der Waals surface area (Å²) in [6, 6.07) is 19.8. The van der Waals surface area contributed by atoms with Crippen molar-refractivity contribution in [1.82, 2.24) is 4.98 Å². The number of rotatable bonds is 9. The van der Waals surface area contributed by atoms with E-state index in [4.69, 9.17) is 9.47 Å². The third kappa shape index (κ3) is 5.32. The normalized spacial score (nSPS) is 11.8. The van der Waals surface area contributed by atoms with Crippen LogP contribution >= 0.6 is 0 Å². The number of pyridine rings is 1. The van der Waals surface area contributed by atoms with Gasteiger partial charge in [-0.05, 0) is 48.9 Å². The van der Waals surface area contributed by atoms with E-state index in [1.165, 1.54) is 12.1 Å². The summed E-state index contributed by atoms with van der Waals surface area (Å²) in [6.07, 6.45) is 1.62. The minimum absolute atomic E-state index is 0.0337. The van der Waals surface area contributed by atoms with Gasteiger partial charge in [-0.15, -0.1) is 0 Å². The average molecular weight is 461 g/mol. The number of carbonyl (C=O) groups excluding carboxylic acids is 1. The second-order valence-electron chi connectivity index (χ2n) is 7.62. The first-order valence-corrected chi connectivity index (χ1v) is 11.0. The maximum Gasteiger partial charge on any atom is 0.338 e. The number of phenols is 1. The minimum Gasteiger partial charge on any atom is -0.505 e. The molecule has 6 nitrogen and oxygen atoms in total. The maximum absolute atomic E-state index is 13.6. The third-order valence-electron chi connectivity index (χ3n) is 5.37. The Labute approximate surface area is 197 Å². The van der Waals surface area contributed by atoms with E-state index in [0.29, 0.717) is 35.5 Å². The Morgan fingerprint density at radius 1 is 1.06 bits per heavy atom. The quantitative estimate of drug-likeness (QED) is 0.255. The van der Waals surface area contributed by atoms with Crippen LogP contribution in [-0.2, 0) is 9.47 Å². The van der Waals surface area contributed by atoms with Crippen LogP contribution in [0.2, 0.25) is 0 Å². The van der Waals surface area contributed by atoms with E-state index in [2.05, 4.69) is 10.3 Å². The summed E-state index contributed by atoms with van der Waals surface area (Å²) in [5.74, 6) is -0.783. The minimum atomic E-state index is -0.531. The van der Waals surface area contributed by atoms with Gasteiger partial charge in [-0.25, -0.2) is 9.18 Å². The van der Waals surface area contributed by atoms with Crippen molar-refractivity contribution in [3.63, 3.8) is 0 Å². The van der Waals surface area contributed by atoms with E-state index < -0.39 is 12.0 Å². The number of phenolic OH excluding ortho intramolecular Hbond substituents is 1. The molecule has 0 aliphatic carbocycles. The number of benzene rings is 3. The second kappa shape index (κ2) is 10.8. The SMILES string of the molecule is CCOCCOC(=O)c1cccc(NC(c2ccc(F)cc2)c2ccc3cccnc3c2O)c1. The topological polar surface area (TPSA) is 80.7 Å². The summed E-state index contributed by atoms with van der Waals surface area (Å²) in [5.41, 5.74) is 2.79. The van der Waals surface area contributed by atoms with Crippen LogP contribution in [0.4, 0.5) is 10.1 Å². The first kappa shape index (κ1) is 23.2. The number of nitrogens with zero attached hydrogens (tertiary/aromatic N) is 1. The van der Waals surface area contributed by atoms with Gasteiger partial charge in [0.2, 0.25) is 0 Å². The number of hydrogen-bond donors (Lipinski definition) is 2. The van der Waals surface area contributed by atoms with Crippen molar-refractivity contribution in [3.8, 4) is 5.75 Å². The molecule has 0 bridgehead atoms. The van der Waals surface area contributed by atoms with E-state index in [0.717, 1.165) is 10.9 Å². The van der Waals surface area contributed by atoms with Crippen LogP contribution in [0.3, 0.4) is 0 Å². The Morgan fingerprint density at radius 2 is 1.88 bits per heavy atom. The summed E-state index contributed by atoms with van der Waals surface area (Å²) in [7, 11) is 0. The molecule has 1 heterocycles. The van der Waals surface area contributed by atoms with E-state index in [1.807, 2.05) is 31.2 Å². The van der Waals surface area contributed by atoms with Crippen molar-refractivity contribution in [2.24, 2.45) is 0 Å². The molecule has 0 amide bonds. The average Bonchev–Trinajstić information content (AvgIpc) is 2.86. The highest BCUT2D eigenvalue weighted by atomic mass is 19.1. The van der Waals surface area contributed by atoms with E-state index in [-0.39, 0.29) is 18.2 Å². The molecule has 7 heteroatoms. The molecule has 0 fully saturated rings. The molecular formula is C27H25FN2O4. The molecule has 4 aromatic rings. The van der Waals surface area contributed by atoms with Gasteiger partial charge in [-0.3, -0.25) is 4.98 Å². The Kier molecular flexibility index (Phi) is 7.34. The molecule has 0 aliphatic rings. The van der Waals surface area contributed by atoms with Gasteiger partial charge in [0, 0.05) is 29.4 Å². The predicted molar refractivity (Wildman–Crippen MR) is 128 cm³/mol. The number of aromatic nitrogens is 1. The van der Waals surface area contributed by atoms with Crippen LogP contribution in [0, 0.1) is 5.82 Å². The first-order valence-electron chi connectivity index (χ1n) is 11.0. The number of aromatic hydroxyl groups is 1. The fourth-order valence-corrected chi connectivity index (χ4v) is 3.70. The fourth-order valence-electron chi connectivity index (χ4n) is 3.70. The summed E-state index contributed by atoms with van der Waals surface area (Å²) in [5, 5.41) is 15.2. The van der Waals surface area contributed by atoms with Gasteiger partial charge < -0.3 is 19.9 Å².